The van der Waals surface area contributed by atoms with Crippen molar-refractivity contribution in [1.29, 1.82) is 0 Å². The SMILES string of the molecule is Cc1nnc(CCc2nnc(C)c(C)n2)nc1C. The number of aryl methyl sites for hydroxylation is 6. The Balaban J connectivity index is 2.06. The van der Waals surface area contributed by atoms with Gasteiger partial charge in [-0.1, -0.05) is 0 Å². The molecule has 2 heterocycles. The van der Waals surface area contributed by atoms with Crippen LogP contribution in [0.15, 0.2) is 0 Å². The summed E-state index contributed by atoms with van der Waals surface area (Å²) >= 11 is 0. The second-order valence-corrected chi connectivity index (χ2v) is 4.30. The topological polar surface area (TPSA) is 77.3 Å². The maximum atomic E-state index is 4.38. The highest BCUT2D eigenvalue weighted by atomic mass is 15.2. The number of hydrogen-bond acceptors (Lipinski definition) is 6. The van der Waals surface area contributed by atoms with Crippen LogP contribution in [-0.2, 0) is 12.8 Å². The molecule has 2 aromatic rings. The molecule has 0 unspecified atom stereocenters. The zero-order chi connectivity index (χ0) is 13.1. The smallest absolute Gasteiger partial charge is 0.151 e. The molecular weight excluding hydrogens is 228 g/mol. The van der Waals surface area contributed by atoms with Crippen LogP contribution in [0.5, 0.6) is 0 Å². The van der Waals surface area contributed by atoms with Crippen LogP contribution >= 0.6 is 0 Å². The second-order valence-electron chi connectivity index (χ2n) is 4.30. The Morgan fingerprint density at radius 1 is 0.556 bits per heavy atom. The van der Waals surface area contributed by atoms with Crippen LogP contribution in [0.3, 0.4) is 0 Å². The van der Waals surface area contributed by atoms with Gasteiger partial charge >= 0.3 is 0 Å². The summed E-state index contributed by atoms with van der Waals surface area (Å²) < 4.78 is 0. The van der Waals surface area contributed by atoms with Crippen LogP contribution in [0.1, 0.15) is 34.4 Å². The summed E-state index contributed by atoms with van der Waals surface area (Å²) in [5.41, 5.74) is 3.56. The maximum Gasteiger partial charge on any atom is 0.151 e. The van der Waals surface area contributed by atoms with Gasteiger partial charge in [0.1, 0.15) is 0 Å². The monoisotopic (exact) mass is 244 g/mol. The minimum absolute atomic E-state index is 0.679. The van der Waals surface area contributed by atoms with Gasteiger partial charge in [0.2, 0.25) is 0 Å². The Bertz CT molecular complexity index is 515. The predicted octanol–water partition coefficient (Wildman–Crippen LogP) is 1.08. The average Bonchev–Trinajstić information content (AvgIpc) is 2.35. The van der Waals surface area contributed by atoms with Crippen LogP contribution < -0.4 is 0 Å². The number of rotatable bonds is 3. The van der Waals surface area contributed by atoms with Crippen molar-refractivity contribution < 1.29 is 0 Å². The van der Waals surface area contributed by atoms with Crippen molar-refractivity contribution in [1.82, 2.24) is 30.4 Å². The molecule has 0 aliphatic heterocycles. The van der Waals surface area contributed by atoms with E-state index >= 15 is 0 Å². The molecule has 6 nitrogen and oxygen atoms in total. The first kappa shape index (κ1) is 12.5. The van der Waals surface area contributed by atoms with E-state index in [1.165, 1.54) is 0 Å². The van der Waals surface area contributed by atoms with E-state index in [4.69, 9.17) is 0 Å². The highest BCUT2D eigenvalue weighted by molar-refractivity contribution is 5.07. The van der Waals surface area contributed by atoms with Crippen molar-refractivity contribution in [2.45, 2.75) is 40.5 Å². The molecule has 94 valence electrons. The fraction of sp³-hybridized carbons (Fsp3) is 0.500. The molecule has 0 amide bonds. The van der Waals surface area contributed by atoms with Gasteiger partial charge in [-0.25, -0.2) is 9.97 Å². The van der Waals surface area contributed by atoms with Gasteiger partial charge in [0, 0.05) is 12.8 Å². The third-order valence-corrected chi connectivity index (χ3v) is 2.84. The first-order valence-electron chi connectivity index (χ1n) is 5.90. The van der Waals surface area contributed by atoms with E-state index in [0.29, 0.717) is 12.8 Å². The standard InChI is InChI=1S/C12H16N6/c1-7-9(3)15-17-11(13-7)5-6-12-14-8(2)10(4)16-18-12/h5-6H2,1-4H3. The molecule has 0 spiro atoms. The quantitative estimate of drug-likeness (QED) is 0.804. The van der Waals surface area contributed by atoms with Crippen LogP contribution in [0.2, 0.25) is 0 Å². The third-order valence-electron chi connectivity index (χ3n) is 2.84. The zero-order valence-electron chi connectivity index (χ0n) is 11.1. The Kier molecular flexibility index (Phi) is 3.55. The molecule has 0 saturated heterocycles. The molecule has 2 rings (SSSR count). The van der Waals surface area contributed by atoms with E-state index in [1.54, 1.807) is 0 Å². The number of nitrogens with zero attached hydrogens (tertiary/aromatic N) is 6. The van der Waals surface area contributed by atoms with E-state index in [9.17, 15) is 0 Å². The fourth-order valence-corrected chi connectivity index (χ4v) is 1.44. The lowest BCUT2D eigenvalue weighted by atomic mass is 10.2. The maximum absolute atomic E-state index is 4.38. The van der Waals surface area contributed by atoms with Crippen LogP contribution in [-0.4, -0.2) is 30.4 Å². The Morgan fingerprint density at radius 2 is 0.944 bits per heavy atom. The predicted molar refractivity (Wildman–Crippen MR) is 66.0 cm³/mol. The van der Waals surface area contributed by atoms with E-state index in [-0.39, 0.29) is 0 Å². The van der Waals surface area contributed by atoms with Crippen molar-refractivity contribution in [3.05, 3.63) is 34.4 Å². The lowest BCUT2D eigenvalue weighted by molar-refractivity contribution is 0.723. The van der Waals surface area contributed by atoms with Gasteiger partial charge < -0.3 is 0 Å². The van der Waals surface area contributed by atoms with Crippen LogP contribution in [0, 0.1) is 27.7 Å². The van der Waals surface area contributed by atoms with Crippen molar-refractivity contribution in [3.8, 4) is 0 Å². The summed E-state index contributed by atoms with van der Waals surface area (Å²) in [5, 5.41) is 16.2. The number of aromatic nitrogens is 6. The molecule has 0 aromatic carbocycles. The average molecular weight is 244 g/mol. The lowest BCUT2D eigenvalue weighted by Crippen LogP contribution is -2.08. The zero-order valence-corrected chi connectivity index (χ0v) is 11.1. The molecule has 0 aliphatic rings. The summed E-state index contributed by atoms with van der Waals surface area (Å²) in [6.07, 6.45) is 1.36. The molecule has 0 saturated carbocycles. The molecule has 0 aliphatic carbocycles. The molecule has 2 aromatic heterocycles. The summed E-state index contributed by atoms with van der Waals surface area (Å²) in [5.74, 6) is 1.44. The van der Waals surface area contributed by atoms with Gasteiger partial charge in [-0.3, -0.25) is 0 Å². The van der Waals surface area contributed by atoms with Crippen molar-refractivity contribution >= 4 is 0 Å². The lowest BCUT2D eigenvalue weighted by Gasteiger charge is -2.03. The van der Waals surface area contributed by atoms with Crippen molar-refractivity contribution in [2.24, 2.45) is 0 Å². The molecule has 0 N–H and O–H groups in total. The Morgan fingerprint density at radius 3 is 1.28 bits per heavy atom. The second kappa shape index (κ2) is 5.12. The van der Waals surface area contributed by atoms with Gasteiger partial charge in [-0.2, -0.15) is 10.2 Å². The molecule has 18 heavy (non-hydrogen) atoms. The van der Waals surface area contributed by atoms with Gasteiger partial charge in [0.05, 0.1) is 22.8 Å². The van der Waals surface area contributed by atoms with Gasteiger partial charge in [0.15, 0.2) is 11.6 Å². The normalized spacial score (nSPS) is 10.7. The molecule has 0 atom stereocenters. The van der Waals surface area contributed by atoms with E-state index in [2.05, 4.69) is 30.4 Å². The largest absolute Gasteiger partial charge is 0.234 e. The van der Waals surface area contributed by atoms with Gasteiger partial charge in [-0.05, 0) is 27.7 Å². The highest BCUT2D eigenvalue weighted by Crippen LogP contribution is 2.03. The Hall–Kier alpha value is -1.98. The number of hydrogen-bond donors (Lipinski definition) is 0. The summed E-state index contributed by atoms with van der Waals surface area (Å²) in [4.78, 5) is 8.76. The summed E-state index contributed by atoms with van der Waals surface area (Å²) in [7, 11) is 0. The van der Waals surface area contributed by atoms with Crippen LogP contribution in [0.25, 0.3) is 0 Å². The van der Waals surface area contributed by atoms with E-state index < -0.39 is 0 Å². The molecule has 0 bridgehead atoms. The molecule has 0 radical (unpaired) electrons. The Labute approximate surface area is 106 Å². The molecule has 0 fully saturated rings. The molecular formula is C12H16N6. The van der Waals surface area contributed by atoms with Gasteiger partial charge in [0.25, 0.3) is 0 Å². The van der Waals surface area contributed by atoms with Crippen LogP contribution in [0.4, 0.5) is 0 Å². The third kappa shape index (κ3) is 2.82. The van der Waals surface area contributed by atoms with Gasteiger partial charge in [-0.15, -0.1) is 10.2 Å². The minimum Gasteiger partial charge on any atom is -0.234 e. The van der Waals surface area contributed by atoms with E-state index in [1.807, 2.05) is 27.7 Å². The van der Waals surface area contributed by atoms with Crippen molar-refractivity contribution in [2.75, 3.05) is 0 Å². The summed E-state index contributed by atoms with van der Waals surface area (Å²) in [6.45, 7) is 7.66. The fourth-order valence-electron chi connectivity index (χ4n) is 1.44. The minimum atomic E-state index is 0.679. The molecule has 6 heteroatoms. The van der Waals surface area contributed by atoms with Crippen molar-refractivity contribution in [3.63, 3.8) is 0 Å². The summed E-state index contributed by atoms with van der Waals surface area (Å²) in [6, 6.07) is 0. The van der Waals surface area contributed by atoms with E-state index in [0.717, 1.165) is 34.4 Å². The first-order valence-corrected chi connectivity index (χ1v) is 5.90. The first-order chi connectivity index (χ1) is 8.56. The highest BCUT2D eigenvalue weighted by Gasteiger charge is 2.05.